The van der Waals surface area contributed by atoms with Crippen molar-refractivity contribution in [2.24, 2.45) is 0 Å². The molecule has 25 heavy (non-hydrogen) atoms. The maximum atomic E-state index is 12.2. The van der Waals surface area contributed by atoms with E-state index < -0.39 is 0 Å². The van der Waals surface area contributed by atoms with Gasteiger partial charge in [-0.25, -0.2) is 0 Å². The van der Waals surface area contributed by atoms with Crippen LogP contribution in [-0.4, -0.2) is 18.4 Å². The van der Waals surface area contributed by atoms with E-state index >= 15 is 0 Å². The van der Waals surface area contributed by atoms with Gasteiger partial charge in [-0.05, 0) is 43.0 Å². The summed E-state index contributed by atoms with van der Waals surface area (Å²) in [5.74, 6) is 0.0465. The molecular formula is C20H21ClN2O2. The predicted molar refractivity (Wildman–Crippen MR) is 101 cm³/mol. The first-order chi connectivity index (χ1) is 12.1. The van der Waals surface area contributed by atoms with E-state index in [-0.39, 0.29) is 11.8 Å². The van der Waals surface area contributed by atoms with Gasteiger partial charge in [-0.2, -0.15) is 0 Å². The van der Waals surface area contributed by atoms with Gasteiger partial charge in [0.1, 0.15) is 0 Å². The number of nitrogens with zero attached hydrogens (tertiary/aromatic N) is 1. The highest BCUT2D eigenvalue weighted by atomic mass is 35.5. The summed E-state index contributed by atoms with van der Waals surface area (Å²) in [6.45, 7) is 0.713. The van der Waals surface area contributed by atoms with Crippen molar-refractivity contribution in [1.82, 2.24) is 0 Å². The molecule has 2 amide bonds. The number of nitrogens with one attached hydrogen (secondary N) is 1. The molecule has 4 nitrogen and oxygen atoms in total. The molecule has 5 heteroatoms. The molecule has 1 aliphatic rings. The average Bonchev–Trinajstić information content (AvgIpc) is 3.04. The SMILES string of the molecule is O=C(CCCc1ccccc1)Nc1cc(N2CCCC2=O)ccc1Cl. The Kier molecular flexibility index (Phi) is 5.71. The molecule has 0 atom stereocenters. The van der Waals surface area contributed by atoms with E-state index in [2.05, 4.69) is 17.4 Å². The Morgan fingerprint density at radius 3 is 2.68 bits per heavy atom. The van der Waals surface area contributed by atoms with E-state index in [1.54, 1.807) is 17.0 Å². The number of carbonyl (C=O) groups excluding carboxylic acids is 2. The van der Waals surface area contributed by atoms with Crippen LogP contribution in [0.15, 0.2) is 48.5 Å². The van der Waals surface area contributed by atoms with Gasteiger partial charge in [0, 0.05) is 25.1 Å². The molecule has 1 aliphatic heterocycles. The Balaban J connectivity index is 1.58. The Bertz CT molecular complexity index is 762. The zero-order chi connectivity index (χ0) is 17.6. The fraction of sp³-hybridized carbons (Fsp3) is 0.300. The smallest absolute Gasteiger partial charge is 0.227 e. The minimum absolute atomic E-state index is 0.0669. The summed E-state index contributed by atoms with van der Waals surface area (Å²) < 4.78 is 0. The molecule has 0 bridgehead atoms. The first-order valence-electron chi connectivity index (χ1n) is 8.57. The van der Waals surface area contributed by atoms with Crippen molar-refractivity contribution in [3.8, 4) is 0 Å². The molecule has 0 unspecified atom stereocenters. The van der Waals surface area contributed by atoms with Crippen LogP contribution in [0.4, 0.5) is 11.4 Å². The van der Waals surface area contributed by atoms with E-state index in [1.165, 1.54) is 5.56 Å². The molecule has 3 rings (SSSR count). The minimum atomic E-state index is -0.0669. The van der Waals surface area contributed by atoms with Crippen LogP contribution in [0.1, 0.15) is 31.2 Å². The summed E-state index contributed by atoms with van der Waals surface area (Å²) in [5.41, 5.74) is 2.57. The summed E-state index contributed by atoms with van der Waals surface area (Å²) in [4.78, 5) is 25.8. The Labute approximate surface area is 152 Å². The summed E-state index contributed by atoms with van der Waals surface area (Å²) in [5, 5.41) is 3.34. The third-order valence-electron chi connectivity index (χ3n) is 4.32. The van der Waals surface area contributed by atoms with Gasteiger partial charge in [-0.1, -0.05) is 41.9 Å². The summed E-state index contributed by atoms with van der Waals surface area (Å²) in [7, 11) is 0. The topological polar surface area (TPSA) is 49.4 Å². The number of aryl methyl sites for hydroxylation is 1. The summed E-state index contributed by atoms with van der Waals surface area (Å²) >= 11 is 6.20. The third-order valence-corrected chi connectivity index (χ3v) is 4.65. The molecule has 1 N–H and O–H groups in total. The molecule has 0 radical (unpaired) electrons. The average molecular weight is 357 g/mol. The third kappa shape index (κ3) is 4.60. The quantitative estimate of drug-likeness (QED) is 0.832. The van der Waals surface area contributed by atoms with Crippen LogP contribution in [-0.2, 0) is 16.0 Å². The first-order valence-corrected chi connectivity index (χ1v) is 8.95. The molecule has 1 fully saturated rings. The van der Waals surface area contributed by atoms with E-state index in [9.17, 15) is 9.59 Å². The largest absolute Gasteiger partial charge is 0.325 e. The second-order valence-corrected chi connectivity index (χ2v) is 6.61. The summed E-state index contributed by atoms with van der Waals surface area (Å²) in [6, 6.07) is 15.4. The molecule has 0 saturated carbocycles. The number of halogens is 1. The highest BCUT2D eigenvalue weighted by molar-refractivity contribution is 6.33. The van der Waals surface area contributed by atoms with Gasteiger partial charge < -0.3 is 10.2 Å². The number of anilines is 2. The molecule has 0 aliphatic carbocycles. The van der Waals surface area contributed by atoms with Crippen molar-refractivity contribution < 1.29 is 9.59 Å². The highest BCUT2D eigenvalue weighted by Crippen LogP contribution is 2.30. The lowest BCUT2D eigenvalue weighted by molar-refractivity contribution is -0.117. The standard InChI is InChI=1S/C20H21ClN2O2/c21-17-12-11-16(23-13-5-10-20(23)25)14-18(17)22-19(24)9-4-8-15-6-2-1-3-7-15/h1-3,6-7,11-12,14H,4-5,8-10,13H2,(H,22,24). The number of amides is 2. The zero-order valence-electron chi connectivity index (χ0n) is 14.0. The van der Waals surface area contributed by atoms with Crippen molar-refractivity contribution in [2.45, 2.75) is 32.1 Å². The molecule has 0 spiro atoms. The molecule has 1 heterocycles. The maximum Gasteiger partial charge on any atom is 0.227 e. The Morgan fingerprint density at radius 2 is 1.96 bits per heavy atom. The van der Waals surface area contributed by atoms with E-state index in [1.807, 2.05) is 24.3 Å². The molecule has 130 valence electrons. The van der Waals surface area contributed by atoms with Gasteiger partial charge in [0.15, 0.2) is 0 Å². The van der Waals surface area contributed by atoms with Gasteiger partial charge in [-0.3, -0.25) is 9.59 Å². The van der Waals surface area contributed by atoms with Crippen LogP contribution in [0.5, 0.6) is 0 Å². The molecular weight excluding hydrogens is 336 g/mol. The van der Waals surface area contributed by atoms with Gasteiger partial charge in [-0.15, -0.1) is 0 Å². The van der Waals surface area contributed by atoms with Gasteiger partial charge in [0.2, 0.25) is 11.8 Å². The Morgan fingerprint density at radius 1 is 1.16 bits per heavy atom. The Hall–Kier alpha value is -2.33. The molecule has 0 aromatic heterocycles. The number of hydrogen-bond acceptors (Lipinski definition) is 2. The van der Waals surface area contributed by atoms with Crippen LogP contribution in [0.3, 0.4) is 0 Å². The minimum Gasteiger partial charge on any atom is -0.325 e. The van der Waals surface area contributed by atoms with Crippen molar-refractivity contribution in [3.05, 3.63) is 59.1 Å². The van der Waals surface area contributed by atoms with E-state index in [0.717, 1.165) is 24.9 Å². The molecule has 2 aromatic carbocycles. The van der Waals surface area contributed by atoms with E-state index in [4.69, 9.17) is 11.6 Å². The van der Waals surface area contributed by atoms with Crippen molar-refractivity contribution in [3.63, 3.8) is 0 Å². The zero-order valence-corrected chi connectivity index (χ0v) is 14.8. The fourth-order valence-corrected chi connectivity index (χ4v) is 3.17. The van der Waals surface area contributed by atoms with Gasteiger partial charge >= 0.3 is 0 Å². The van der Waals surface area contributed by atoms with Crippen LogP contribution in [0.25, 0.3) is 0 Å². The highest BCUT2D eigenvalue weighted by Gasteiger charge is 2.22. The van der Waals surface area contributed by atoms with Crippen molar-refractivity contribution in [1.29, 1.82) is 0 Å². The molecule has 1 saturated heterocycles. The van der Waals surface area contributed by atoms with Crippen LogP contribution in [0.2, 0.25) is 5.02 Å². The number of rotatable bonds is 6. The van der Waals surface area contributed by atoms with Crippen LogP contribution in [0, 0.1) is 0 Å². The second-order valence-electron chi connectivity index (χ2n) is 6.20. The fourth-order valence-electron chi connectivity index (χ4n) is 3.01. The van der Waals surface area contributed by atoms with Gasteiger partial charge in [0.05, 0.1) is 10.7 Å². The maximum absolute atomic E-state index is 12.2. The van der Waals surface area contributed by atoms with Gasteiger partial charge in [0.25, 0.3) is 0 Å². The summed E-state index contributed by atoms with van der Waals surface area (Å²) in [6.07, 6.45) is 3.51. The van der Waals surface area contributed by atoms with Crippen LogP contribution >= 0.6 is 11.6 Å². The monoisotopic (exact) mass is 356 g/mol. The van der Waals surface area contributed by atoms with Crippen molar-refractivity contribution >= 4 is 34.8 Å². The second kappa shape index (κ2) is 8.17. The lowest BCUT2D eigenvalue weighted by Gasteiger charge is -2.17. The number of benzene rings is 2. The number of hydrogen-bond donors (Lipinski definition) is 1. The van der Waals surface area contributed by atoms with Crippen molar-refractivity contribution in [2.75, 3.05) is 16.8 Å². The first kappa shape index (κ1) is 17.5. The lowest BCUT2D eigenvalue weighted by Crippen LogP contribution is -2.23. The molecule has 2 aromatic rings. The van der Waals surface area contributed by atoms with Crippen LogP contribution < -0.4 is 10.2 Å². The predicted octanol–water partition coefficient (Wildman–Crippen LogP) is 4.43. The van der Waals surface area contributed by atoms with E-state index in [0.29, 0.717) is 30.1 Å². The normalized spacial score (nSPS) is 14.0. The lowest BCUT2D eigenvalue weighted by atomic mass is 10.1. The number of carbonyl (C=O) groups is 2.